The van der Waals surface area contributed by atoms with Gasteiger partial charge in [-0.2, -0.15) is 0 Å². The van der Waals surface area contributed by atoms with Crippen molar-refractivity contribution in [2.45, 2.75) is 52.9 Å². The second kappa shape index (κ2) is 5.81. The maximum Gasteiger partial charge on any atom is 0.0105 e. The van der Waals surface area contributed by atoms with Crippen molar-refractivity contribution in [2.24, 2.45) is 0 Å². The molecule has 0 atom stereocenters. The summed E-state index contributed by atoms with van der Waals surface area (Å²) in [5.74, 6) is 0. The van der Waals surface area contributed by atoms with Crippen LogP contribution in [0.5, 0.6) is 0 Å². The summed E-state index contributed by atoms with van der Waals surface area (Å²) in [4.78, 5) is 1.44. The van der Waals surface area contributed by atoms with E-state index in [1.54, 1.807) is 0 Å². The van der Waals surface area contributed by atoms with Gasteiger partial charge >= 0.3 is 0 Å². The van der Waals surface area contributed by atoms with Gasteiger partial charge in [0.05, 0.1) is 0 Å². The molecular formula is C19H26S. The highest BCUT2D eigenvalue weighted by atomic mass is 32.2. The van der Waals surface area contributed by atoms with Crippen molar-refractivity contribution in [3.63, 3.8) is 0 Å². The van der Waals surface area contributed by atoms with Gasteiger partial charge in [0.2, 0.25) is 0 Å². The van der Waals surface area contributed by atoms with Gasteiger partial charge in [-0.1, -0.05) is 45.1 Å². The minimum atomic E-state index is 0.215. The van der Waals surface area contributed by atoms with Crippen LogP contribution in [0.1, 0.15) is 55.9 Å². The van der Waals surface area contributed by atoms with E-state index >= 15 is 0 Å². The minimum absolute atomic E-state index is 0.215. The summed E-state index contributed by atoms with van der Waals surface area (Å²) < 4.78 is 0. The lowest BCUT2D eigenvalue weighted by molar-refractivity contribution is 0.589. The van der Waals surface area contributed by atoms with E-state index in [9.17, 15) is 0 Å². The van der Waals surface area contributed by atoms with Crippen molar-refractivity contribution in [2.75, 3.05) is 6.26 Å². The quantitative estimate of drug-likeness (QED) is 0.640. The summed E-state index contributed by atoms with van der Waals surface area (Å²) in [7, 11) is 0. The SMILES string of the molecule is CSC1=CCCC=C1c1c(C)cc(C(C)(C)C)cc1C. The van der Waals surface area contributed by atoms with Crippen molar-refractivity contribution in [1.82, 2.24) is 0 Å². The molecular weight excluding hydrogens is 260 g/mol. The van der Waals surface area contributed by atoms with Crippen LogP contribution in [0, 0.1) is 13.8 Å². The minimum Gasteiger partial charge on any atom is -0.129 e. The van der Waals surface area contributed by atoms with E-state index in [1.807, 2.05) is 11.8 Å². The number of rotatable bonds is 2. The van der Waals surface area contributed by atoms with Crippen molar-refractivity contribution < 1.29 is 0 Å². The van der Waals surface area contributed by atoms with E-state index in [1.165, 1.54) is 45.6 Å². The molecule has 0 amide bonds. The molecule has 0 spiro atoms. The number of hydrogen-bond donors (Lipinski definition) is 0. The monoisotopic (exact) mass is 286 g/mol. The van der Waals surface area contributed by atoms with Crippen molar-refractivity contribution in [3.05, 3.63) is 51.4 Å². The molecule has 0 heterocycles. The van der Waals surface area contributed by atoms with Crippen LogP contribution in [-0.2, 0) is 5.41 Å². The molecule has 0 aromatic heterocycles. The summed E-state index contributed by atoms with van der Waals surface area (Å²) in [6.07, 6.45) is 9.32. The molecule has 0 unspecified atom stereocenters. The smallest absolute Gasteiger partial charge is 0.0105 e. The molecule has 1 aliphatic rings. The number of benzene rings is 1. The third-order valence-corrected chi connectivity index (χ3v) is 4.82. The Morgan fingerprint density at radius 2 is 1.50 bits per heavy atom. The van der Waals surface area contributed by atoms with Crippen molar-refractivity contribution in [1.29, 1.82) is 0 Å². The number of allylic oxidation sites excluding steroid dienone is 3. The van der Waals surface area contributed by atoms with E-state index in [-0.39, 0.29) is 5.41 Å². The van der Waals surface area contributed by atoms with Gasteiger partial charge in [-0.25, -0.2) is 0 Å². The van der Waals surface area contributed by atoms with Gasteiger partial charge in [-0.05, 0) is 66.2 Å². The molecule has 2 rings (SSSR count). The van der Waals surface area contributed by atoms with Gasteiger partial charge in [-0.15, -0.1) is 11.8 Å². The highest BCUT2D eigenvalue weighted by Gasteiger charge is 2.19. The zero-order chi connectivity index (χ0) is 14.9. The zero-order valence-corrected chi connectivity index (χ0v) is 14.4. The largest absolute Gasteiger partial charge is 0.129 e. The molecule has 1 aromatic carbocycles. The van der Waals surface area contributed by atoms with Crippen molar-refractivity contribution in [3.8, 4) is 0 Å². The summed E-state index contributed by atoms with van der Waals surface area (Å²) in [6, 6.07) is 4.74. The van der Waals surface area contributed by atoms with E-state index in [4.69, 9.17) is 0 Å². The third kappa shape index (κ3) is 3.03. The average Bonchev–Trinajstić information content (AvgIpc) is 2.37. The maximum atomic E-state index is 2.41. The van der Waals surface area contributed by atoms with Crippen LogP contribution >= 0.6 is 11.8 Å². The molecule has 0 saturated carbocycles. The lowest BCUT2D eigenvalue weighted by atomic mass is 9.82. The van der Waals surface area contributed by atoms with Gasteiger partial charge in [0.1, 0.15) is 0 Å². The molecule has 0 saturated heterocycles. The fraction of sp³-hybridized carbons (Fsp3) is 0.474. The topological polar surface area (TPSA) is 0 Å². The fourth-order valence-corrected chi connectivity index (χ4v) is 3.58. The lowest BCUT2D eigenvalue weighted by Crippen LogP contribution is -2.12. The first-order valence-electron chi connectivity index (χ1n) is 7.41. The summed E-state index contributed by atoms with van der Waals surface area (Å²) >= 11 is 1.87. The zero-order valence-electron chi connectivity index (χ0n) is 13.6. The average molecular weight is 286 g/mol. The van der Waals surface area contributed by atoms with Gasteiger partial charge < -0.3 is 0 Å². The second-order valence-corrected chi connectivity index (χ2v) is 7.55. The van der Waals surface area contributed by atoms with Crippen LogP contribution in [0.4, 0.5) is 0 Å². The summed E-state index contributed by atoms with van der Waals surface area (Å²) in [6.45, 7) is 11.4. The molecule has 0 bridgehead atoms. The third-order valence-electron chi connectivity index (χ3n) is 4.00. The van der Waals surface area contributed by atoms with E-state index in [0.29, 0.717) is 0 Å². The maximum absolute atomic E-state index is 2.41. The van der Waals surface area contributed by atoms with Crippen molar-refractivity contribution >= 4 is 17.3 Å². The molecule has 0 aliphatic heterocycles. The highest BCUT2D eigenvalue weighted by molar-refractivity contribution is 8.03. The fourth-order valence-electron chi connectivity index (χ4n) is 2.89. The Kier molecular flexibility index (Phi) is 4.49. The van der Waals surface area contributed by atoms with Crippen LogP contribution in [0.15, 0.2) is 29.2 Å². The highest BCUT2D eigenvalue weighted by Crippen LogP contribution is 2.38. The van der Waals surface area contributed by atoms with Gasteiger partial charge in [0.15, 0.2) is 0 Å². The number of aryl methyl sites for hydroxylation is 2. The Hall–Kier alpha value is -0.950. The Balaban J connectivity index is 2.54. The number of thioether (sulfide) groups is 1. The first-order valence-corrected chi connectivity index (χ1v) is 8.64. The van der Waals surface area contributed by atoms with Gasteiger partial charge in [0, 0.05) is 4.91 Å². The Bertz CT molecular complexity index is 545. The predicted octanol–water partition coefficient (Wildman–Crippen LogP) is 6.03. The van der Waals surface area contributed by atoms with E-state index in [2.05, 4.69) is 65.2 Å². The normalized spacial score (nSPS) is 15.9. The second-order valence-electron chi connectivity index (χ2n) is 6.70. The molecule has 0 radical (unpaired) electrons. The molecule has 1 heteroatoms. The first kappa shape index (κ1) is 15.4. The van der Waals surface area contributed by atoms with Crippen LogP contribution in [-0.4, -0.2) is 6.26 Å². The Morgan fingerprint density at radius 1 is 0.950 bits per heavy atom. The molecule has 1 aromatic rings. The molecule has 108 valence electrons. The predicted molar refractivity (Wildman–Crippen MR) is 93.4 cm³/mol. The standard InChI is InChI=1S/C19H26S/c1-13-11-15(19(3,4)5)12-14(2)18(13)16-9-7-8-10-17(16)20-6/h9-12H,7-8H2,1-6H3. The molecule has 1 aliphatic carbocycles. The van der Waals surface area contributed by atoms with Crippen LogP contribution < -0.4 is 0 Å². The Labute approximate surface area is 128 Å². The lowest BCUT2D eigenvalue weighted by Gasteiger charge is -2.24. The van der Waals surface area contributed by atoms with Crippen LogP contribution in [0.2, 0.25) is 0 Å². The van der Waals surface area contributed by atoms with Crippen LogP contribution in [0.3, 0.4) is 0 Å². The van der Waals surface area contributed by atoms with Gasteiger partial charge in [-0.3, -0.25) is 0 Å². The molecule has 0 fully saturated rings. The first-order chi connectivity index (χ1) is 9.34. The molecule has 0 N–H and O–H groups in total. The Morgan fingerprint density at radius 3 is 2.00 bits per heavy atom. The molecule has 20 heavy (non-hydrogen) atoms. The number of hydrogen-bond acceptors (Lipinski definition) is 1. The van der Waals surface area contributed by atoms with E-state index < -0.39 is 0 Å². The van der Waals surface area contributed by atoms with Crippen LogP contribution in [0.25, 0.3) is 5.57 Å². The summed E-state index contributed by atoms with van der Waals surface area (Å²) in [5, 5.41) is 0. The van der Waals surface area contributed by atoms with E-state index in [0.717, 1.165) is 0 Å². The molecule has 0 nitrogen and oxygen atoms in total. The van der Waals surface area contributed by atoms with Gasteiger partial charge in [0.25, 0.3) is 0 Å². The summed E-state index contributed by atoms with van der Waals surface area (Å²) in [5.41, 5.74) is 7.35.